The molecule has 3 rings (SSSR count). The molecule has 0 unspecified atom stereocenters. The quantitative estimate of drug-likeness (QED) is 0.658. The summed E-state index contributed by atoms with van der Waals surface area (Å²) in [7, 11) is 0. The van der Waals surface area contributed by atoms with Crippen molar-refractivity contribution < 1.29 is 4.79 Å². The third-order valence-electron chi connectivity index (χ3n) is 3.63. The van der Waals surface area contributed by atoms with Gasteiger partial charge in [0.15, 0.2) is 0 Å². The van der Waals surface area contributed by atoms with Crippen LogP contribution >= 0.6 is 22.6 Å². The Labute approximate surface area is 148 Å². The van der Waals surface area contributed by atoms with E-state index >= 15 is 0 Å². The number of hydrogen-bond donors (Lipinski definition) is 1. The van der Waals surface area contributed by atoms with Gasteiger partial charge in [0.1, 0.15) is 0 Å². The molecule has 1 heterocycles. The molecule has 0 spiro atoms. The van der Waals surface area contributed by atoms with Crippen LogP contribution in [0.25, 0.3) is 5.69 Å². The average molecular weight is 417 g/mol. The van der Waals surface area contributed by atoms with Crippen molar-refractivity contribution in [3.05, 3.63) is 81.4 Å². The number of rotatable bonds is 4. The molecule has 1 aromatic heterocycles. The van der Waals surface area contributed by atoms with Crippen molar-refractivity contribution in [2.45, 2.75) is 13.5 Å². The molecule has 1 N–H and O–H groups in total. The van der Waals surface area contributed by atoms with Gasteiger partial charge in [-0.2, -0.15) is 0 Å². The van der Waals surface area contributed by atoms with Crippen LogP contribution in [0.1, 0.15) is 21.5 Å². The molecule has 0 saturated carbocycles. The predicted molar refractivity (Wildman–Crippen MR) is 98.6 cm³/mol. The SMILES string of the molecule is Cc1ccc(C(=O)NCc2ccc(-n3ccnc3)cc2)cc1I. The largest absolute Gasteiger partial charge is 0.348 e. The van der Waals surface area contributed by atoms with Gasteiger partial charge in [0.25, 0.3) is 5.91 Å². The highest BCUT2D eigenvalue weighted by Gasteiger charge is 2.07. The highest BCUT2D eigenvalue weighted by atomic mass is 127. The Bertz CT molecular complexity index is 811. The Morgan fingerprint density at radius 2 is 2.00 bits per heavy atom. The van der Waals surface area contributed by atoms with Crippen LogP contribution in [-0.2, 0) is 6.54 Å². The van der Waals surface area contributed by atoms with E-state index < -0.39 is 0 Å². The van der Waals surface area contributed by atoms with Crippen LogP contribution in [0.3, 0.4) is 0 Å². The van der Waals surface area contributed by atoms with Crippen LogP contribution in [0.2, 0.25) is 0 Å². The Morgan fingerprint density at radius 3 is 2.65 bits per heavy atom. The van der Waals surface area contributed by atoms with Gasteiger partial charge in [-0.3, -0.25) is 4.79 Å². The van der Waals surface area contributed by atoms with Crippen molar-refractivity contribution in [2.75, 3.05) is 0 Å². The minimum absolute atomic E-state index is 0.0541. The Balaban J connectivity index is 1.63. The summed E-state index contributed by atoms with van der Waals surface area (Å²) in [4.78, 5) is 16.2. The van der Waals surface area contributed by atoms with Crippen LogP contribution in [0, 0.1) is 10.5 Å². The van der Waals surface area contributed by atoms with Crippen LogP contribution < -0.4 is 5.32 Å². The first-order valence-corrected chi connectivity index (χ1v) is 8.33. The normalized spacial score (nSPS) is 10.5. The zero-order valence-electron chi connectivity index (χ0n) is 12.7. The summed E-state index contributed by atoms with van der Waals surface area (Å²) in [5.41, 5.74) is 3.97. The Hall–Kier alpha value is -2.15. The fourth-order valence-corrected chi connectivity index (χ4v) is 2.73. The number of aryl methyl sites for hydroxylation is 1. The number of benzene rings is 2. The van der Waals surface area contributed by atoms with Crippen LogP contribution in [-0.4, -0.2) is 15.5 Å². The summed E-state index contributed by atoms with van der Waals surface area (Å²) in [5.74, 6) is -0.0541. The second-order valence-electron chi connectivity index (χ2n) is 5.28. The topological polar surface area (TPSA) is 46.9 Å². The molecule has 0 aliphatic rings. The lowest BCUT2D eigenvalue weighted by atomic mass is 10.1. The Kier molecular flexibility index (Phi) is 4.76. The molecule has 23 heavy (non-hydrogen) atoms. The van der Waals surface area contributed by atoms with Crippen LogP contribution in [0.15, 0.2) is 61.2 Å². The fraction of sp³-hybridized carbons (Fsp3) is 0.111. The molecule has 5 heteroatoms. The third kappa shape index (κ3) is 3.79. The van der Waals surface area contributed by atoms with Gasteiger partial charge in [0.2, 0.25) is 0 Å². The highest BCUT2D eigenvalue weighted by molar-refractivity contribution is 14.1. The van der Waals surface area contributed by atoms with E-state index in [1.54, 1.807) is 12.5 Å². The minimum atomic E-state index is -0.0541. The van der Waals surface area contributed by atoms with Gasteiger partial charge < -0.3 is 9.88 Å². The molecule has 0 fully saturated rings. The van der Waals surface area contributed by atoms with Gasteiger partial charge in [-0.15, -0.1) is 0 Å². The monoisotopic (exact) mass is 417 g/mol. The van der Waals surface area contributed by atoms with E-state index in [9.17, 15) is 4.79 Å². The van der Waals surface area contributed by atoms with E-state index in [2.05, 4.69) is 32.9 Å². The highest BCUT2D eigenvalue weighted by Crippen LogP contribution is 2.14. The number of carbonyl (C=O) groups is 1. The second kappa shape index (κ2) is 6.95. The lowest BCUT2D eigenvalue weighted by Crippen LogP contribution is -2.22. The van der Waals surface area contributed by atoms with Crippen molar-refractivity contribution in [1.29, 1.82) is 0 Å². The standard InChI is InChI=1S/C18H16IN3O/c1-13-2-5-15(10-17(13)19)18(23)21-11-14-3-6-16(7-4-14)22-9-8-20-12-22/h2-10,12H,11H2,1H3,(H,21,23). The lowest BCUT2D eigenvalue weighted by molar-refractivity contribution is 0.0951. The predicted octanol–water partition coefficient (Wildman–Crippen LogP) is 3.72. The van der Waals surface area contributed by atoms with Gasteiger partial charge in [-0.1, -0.05) is 18.2 Å². The summed E-state index contributed by atoms with van der Waals surface area (Å²) in [6.07, 6.45) is 5.41. The molecule has 3 aromatic rings. The first-order valence-electron chi connectivity index (χ1n) is 7.25. The molecule has 2 aromatic carbocycles. The lowest BCUT2D eigenvalue weighted by Gasteiger charge is -2.08. The number of halogens is 1. The minimum Gasteiger partial charge on any atom is -0.348 e. The van der Waals surface area contributed by atoms with Crippen molar-refractivity contribution in [2.24, 2.45) is 0 Å². The number of nitrogens with zero attached hydrogens (tertiary/aromatic N) is 2. The summed E-state index contributed by atoms with van der Waals surface area (Å²) >= 11 is 2.24. The van der Waals surface area contributed by atoms with Gasteiger partial charge in [-0.25, -0.2) is 4.98 Å². The molecule has 0 atom stereocenters. The smallest absolute Gasteiger partial charge is 0.251 e. The molecule has 0 radical (unpaired) electrons. The van der Waals surface area contributed by atoms with Crippen LogP contribution in [0.4, 0.5) is 0 Å². The van der Waals surface area contributed by atoms with Crippen molar-refractivity contribution in [3.63, 3.8) is 0 Å². The number of carbonyl (C=O) groups excluding carboxylic acids is 1. The molecular weight excluding hydrogens is 401 g/mol. The summed E-state index contributed by atoms with van der Waals surface area (Å²) in [6, 6.07) is 13.8. The van der Waals surface area contributed by atoms with Gasteiger partial charge in [0, 0.05) is 33.8 Å². The molecule has 0 saturated heterocycles. The number of aromatic nitrogens is 2. The van der Waals surface area contributed by atoms with Gasteiger partial charge in [0.05, 0.1) is 6.33 Å². The van der Waals surface area contributed by atoms with Gasteiger partial charge in [-0.05, 0) is 64.9 Å². The number of nitrogens with one attached hydrogen (secondary N) is 1. The van der Waals surface area contributed by atoms with Crippen molar-refractivity contribution in [1.82, 2.24) is 14.9 Å². The number of imidazole rings is 1. The van der Waals surface area contributed by atoms with E-state index in [0.717, 1.165) is 14.8 Å². The second-order valence-corrected chi connectivity index (χ2v) is 6.45. The third-order valence-corrected chi connectivity index (χ3v) is 4.79. The first-order chi connectivity index (χ1) is 11.1. The molecule has 4 nitrogen and oxygen atoms in total. The zero-order valence-corrected chi connectivity index (χ0v) is 14.8. The maximum Gasteiger partial charge on any atom is 0.251 e. The van der Waals surface area contributed by atoms with Crippen molar-refractivity contribution >= 4 is 28.5 Å². The average Bonchev–Trinajstić information content (AvgIpc) is 3.10. The first kappa shape index (κ1) is 15.7. The maximum absolute atomic E-state index is 12.2. The fourth-order valence-electron chi connectivity index (χ4n) is 2.22. The molecule has 0 aliphatic carbocycles. The van der Waals surface area contributed by atoms with Crippen LogP contribution in [0.5, 0.6) is 0 Å². The van der Waals surface area contributed by atoms with E-state index in [1.807, 2.05) is 60.2 Å². The maximum atomic E-state index is 12.2. The summed E-state index contributed by atoms with van der Waals surface area (Å²) < 4.78 is 3.04. The molecular formula is C18H16IN3O. The van der Waals surface area contributed by atoms with Crippen molar-refractivity contribution in [3.8, 4) is 5.69 Å². The number of hydrogen-bond acceptors (Lipinski definition) is 2. The Morgan fingerprint density at radius 1 is 1.22 bits per heavy atom. The molecule has 0 bridgehead atoms. The summed E-state index contributed by atoms with van der Waals surface area (Å²) in [6.45, 7) is 2.54. The van der Waals surface area contributed by atoms with E-state index in [0.29, 0.717) is 12.1 Å². The molecule has 1 amide bonds. The van der Waals surface area contributed by atoms with Gasteiger partial charge >= 0.3 is 0 Å². The summed E-state index contributed by atoms with van der Waals surface area (Å²) in [5, 5.41) is 2.95. The van der Waals surface area contributed by atoms with E-state index in [-0.39, 0.29) is 5.91 Å². The zero-order chi connectivity index (χ0) is 16.2. The molecule has 116 valence electrons. The molecule has 0 aliphatic heterocycles. The van der Waals surface area contributed by atoms with E-state index in [4.69, 9.17) is 0 Å². The number of amides is 1. The van der Waals surface area contributed by atoms with E-state index in [1.165, 1.54) is 5.56 Å².